The number of hydrogen-bond acceptors (Lipinski definition) is 3. The summed E-state index contributed by atoms with van der Waals surface area (Å²) >= 11 is 0. The Morgan fingerprint density at radius 3 is 2.72 bits per heavy atom. The number of nitriles is 1. The molecule has 1 aromatic rings. The summed E-state index contributed by atoms with van der Waals surface area (Å²) in [4.78, 5) is 13.4. The molecule has 5 heteroatoms. The highest BCUT2D eigenvalue weighted by molar-refractivity contribution is 5.95. The van der Waals surface area contributed by atoms with E-state index in [9.17, 15) is 9.18 Å². The van der Waals surface area contributed by atoms with E-state index in [2.05, 4.69) is 0 Å². The summed E-state index contributed by atoms with van der Waals surface area (Å²) in [7, 11) is 1.57. The van der Waals surface area contributed by atoms with Crippen molar-refractivity contribution in [2.75, 3.05) is 19.3 Å². The number of rotatable bonds is 3. The molecule has 0 bridgehead atoms. The molecule has 1 unspecified atom stereocenters. The summed E-state index contributed by atoms with van der Waals surface area (Å²) in [5.74, 6) is -1.12. The topological polar surface area (TPSA) is 70.1 Å². The van der Waals surface area contributed by atoms with Gasteiger partial charge in [0.2, 0.25) is 0 Å². The van der Waals surface area contributed by atoms with E-state index < -0.39 is 5.82 Å². The van der Waals surface area contributed by atoms with Crippen LogP contribution in [0.4, 0.5) is 10.1 Å². The first-order valence-corrected chi connectivity index (χ1v) is 5.57. The molecule has 4 nitrogen and oxygen atoms in total. The van der Waals surface area contributed by atoms with Gasteiger partial charge in [-0.2, -0.15) is 5.26 Å². The Hall–Kier alpha value is -2.09. The van der Waals surface area contributed by atoms with E-state index in [0.717, 1.165) is 0 Å². The van der Waals surface area contributed by atoms with Gasteiger partial charge < -0.3 is 10.6 Å². The van der Waals surface area contributed by atoms with E-state index in [0.29, 0.717) is 12.1 Å². The maximum absolute atomic E-state index is 13.5. The normalized spacial score (nSPS) is 11.7. The summed E-state index contributed by atoms with van der Waals surface area (Å²) in [6, 6.07) is 4.66. The molecule has 0 aliphatic heterocycles. The summed E-state index contributed by atoms with van der Waals surface area (Å²) in [6.45, 7) is 3.57. The molecule has 18 heavy (non-hydrogen) atoms. The second kappa shape index (κ2) is 5.50. The Labute approximate surface area is 106 Å². The molecule has 0 spiro atoms. The molecule has 1 atom stereocenters. The molecular weight excluding hydrogens is 233 g/mol. The predicted octanol–water partition coefficient (Wildman–Crippen LogP) is 1.95. The lowest BCUT2D eigenvalue weighted by atomic mass is 10.1. The molecule has 0 saturated carbocycles. The highest BCUT2D eigenvalue weighted by Crippen LogP contribution is 2.18. The minimum atomic E-state index is -0.500. The fraction of sp³-hybridized carbons (Fsp3) is 0.385. The minimum Gasteiger partial charge on any atom is -0.398 e. The zero-order valence-electron chi connectivity index (χ0n) is 10.7. The standard InChI is InChI=1S/C13H16FN3O/c1-8(6-15)7-17(3)13(18)10-4-11(14)9(2)12(16)5-10/h4-5,8H,7,16H2,1-3H3. The van der Waals surface area contributed by atoms with Gasteiger partial charge in [0.25, 0.3) is 5.91 Å². The first kappa shape index (κ1) is 14.0. The van der Waals surface area contributed by atoms with Gasteiger partial charge in [0.1, 0.15) is 5.82 Å². The van der Waals surface area contributed by atoms with Gasteiger partial charge in [0, 0.05) is 30.4 Å². The molecule has 0 aliphatic carbocycles. The maximum atomic E-state index is 13.5. The molecule has 0 saturated heterocycles. The Kier molecular flexibility index (Phi) is 4.27. The van der Waals surface area contributed by atoms with Crippen molar-refractivity contribution in [3.05, 3.63) is 29.1 Å². The van der Waals surface area contributed by atoms with E-state index in [1.54, 1.807) is 20.9 Å². The smallest absolute Gasteiger partial charge is 0.253 e. The average Bonchev–Trinajstić information content (AvgIpc) is 2.33. The van der Waals surface area contributed by atoms with Gasteiger partial charge in [-0.1, -0.05) is 0 Å². The second-order valence-electron chi connectivity index (χ2n) is 4.39. The lowest BCUT2D eigenvalue weighted by Crippen LogP contribution is -2.30. The number of anilines is 1. The van der Waals surface area contributed by atoms with E-state index in [-0.39, 0.29) is 23.1 Å². The van der Waals surface area contributed by atoms with Gasteiger partial charge in [-0.15, -0.1) is 0 Å². The fourth-order valence-electron chi connectivity index (χ4n) is 1.58. The zero-order valence-corrected chi connectivity index (χ0v) is 10.7. The van der Waals surface area contributed by atoms with Crippen LogP contribution in [-0.2, 0) is 0 Å². The van der Waals surface area contributed by atoms with Crippen LogP contribution in [0, 0.1) is 30.0 Å². The SMILES string of the molecule is Cc1c(N)cc(C(=O)N(C)CC(C)C#N)cc1F. The largest absolute Gasteiger partial charge is 0.398 e. The molecule has 0 heterocycles. The molecule has 0 aliphatic rings. The van der Waals surface area contributed by atoms with Crippen molar-refractivity contribution in [2.24, 2.45) is 5.92 Å². The Morgan fingerprint density at radius 2 is 2.22 bits per heavy atom. The molecule has 2 N–H and O–H groups in total. The van der Waals surface area contributed by atoms with Crippen molar-refractivity contribution < 1.29 is 9.18 Å². The molecule has 0 aromatic heterocycles. The monoisotopic (exact) mass is 249 g/mol. The van der Waals surface area contributed by atoms with Crippen molar-refractivity contribution in [3.8, 4) is 6.07 Å². The summed E-state index contributed by atoms with van der Waals surface area (Å²) < 4.78 is 13.5. The van der Waals surface area contributed by atoms with Crippen LogP contribution >= 0.6 is 0 Å². The first-order valence-electron chi connectivity index (χ1n) is 5.57. The van der Waals surface area contributed by atoms with Crippen LogP contribution in [-0.4, -0.2) is 24.4 Å². The lowest BCUT2D eigenvalue weighted by molar-refractivity contribution is 0.0784. The third kappa shape index (κ3) is 2.98. The van der Waals surface area contributed by atoms with E-state index in [4.69, 9.17) is 11.0 Å². The van der Waals surface area contributed by atoms with Crippen molar-refractivity contribution in [1.29, 1.82) is 5.26 Å². The number of amides is 1. The fourth-order valence-corrected chi connectivity index (χ4v) is 1.58. The van der Waals surface area contributed by atoms with Gasteiger partial charge in [-0.05, 0) is 26.0 Å². The van der Waals surface area contributed by atoms with Crippen molar-refractivity contribution in [1.82, 2.24) is 4.90 Å². The van der Waals surface area contributed by atoms with E-state index in [1.165, 1.54) is 17.0 Å². The van der Waals surface area contributed by atoms with Gasteiger partial charge in [-0.25, -0.2) is 4.39 Å². The average molecular weight is 249 g/mol. The Morgan fingerprint density at radius 1 is 1.61 bits per heavy atom. The van der Waals surface area contributed by atoms with Gasteiger partial charge in [0.15, 0.2) is 0 Å². The summed E-state index contributed by atoms with van der Waals surface area (Å²) in [5.41, 5.74) is 6.40. The second-order valence-corrected chi connectivity index (χ2v) is 4.39. The number of hydrogen-bond donors (Lipinski definition) is 1. The zero-order chi connectivity index (χ0) is 13.9. The predicted molar refractivity (Wildman–Crippen MR) is 67.3 cm³/mol. The third-order valence-corrected chi connectivity index (χ3v) is 2.75. The highest BCUT2D eigenvalue weighted by atomic mass is 19.1. The van der Waals surface area contributed by atoms with Gasteiger partial charge in [-0.3, -0.25) is 4.79 Å². The quantitative estimate of drug-likeness (QED) is 0.832. The van der Waals surface area contributed by atoms with Gasteiger partial charge >= 0.3 is 0 Å². The van der Waals surface area contributed by atoms with Crippen LogP contribution in [0.2, 0.25) is 0 Å². The number of halogens is 1. The first-order chi connectivity index (χ1) is 8.36. The number of nitrogens with zero attached hydrogens (tertiary/aromatic N) is 2. The summed E-state index contributed by atoms with van der Waals surface area (Å²) in [6.07, 6.45) is 0. The number of nitrogen functional groups attached to an aromatic ring is 1. The van der Waals surface area contributed by atoms with Crippen molar-refractivity contribution in [2.45, 2.75) is 13.8 Å². The number of carbonyl (C=O) groups excluding carboxylic acids is 1. The number of carbonyl (C=O) groups is 1. The molecular formula is C13H16FN3O. The number of benzene rings is 1. The van der Waals surface area contributed by atoms with Crippen LogP contribution in [0.1, 0.15) is 22.8 Å². The third-order valence-electron chi connectivity index (χ3n) is 2.75. The van der Waals surface area contributed by atoms with E-state index in [1.807, 2.05) is 6.07 Å². The maximum Gasteiger partial charge on any atom is 0.253 e. The van der Waals surface area contributed by atoms with Crippen LogP contribution in [0.5, 0.6) is 0 Å². The lowest BCUT2D eigenvalue weighted by Gasteiger charge is -2.18. The van der Waals surface area contributed by atoms with Crippen LogP contribution < -0.4 is 5.73 Å². The molecule has 1 amide bonds. The Balaban J connectivity index is 2.95. The Bertz CT molecular complexity index is 484. The highest BCUT2D eigenvalue weighted by Gasteiger charge is 2.16. The van der Waals surface area contributed by atoms with Crippen LogP contribution in [0.15, 0.2) is 12.1 Å². The van der Waals surface area contributed by atoms with Crippen LogP contribution in [0.25, 0.3) is 0 Å². The summed E-state index contributed by atoms with van der Waals surface area (Å²) in [5, 5.41) is 8.69. The van der Waals surface area contributed by atoms with Gasteiger partial charge in [0.05, 0.1) is 12.0 Å². The molecule has 1 aromatic carbocycles. The molecule has 96 valence electrons. The number of nitrogens with two attached hydrogens (primary N) is 1. The van der Waals surface area contributed by atoms with Crippen molar-refractivity contribution in [3.63, 3.8) is 0 Å². The van der Waals surface area contributed by atoms with Crippen molar-refractivity contribution >= 4 is 11.6 Å². The van der Waals surface area contributed by atoms with E-state index >= 15 is 0 Å². The molecule has 0 radical (unpaired) electrons. The minimum absolute atomic E-state index is 0.197. The molecule has 0 fully saturated rings. The van der Waals surface area contributed by atoms with Crippen LogP contribution in [0.3, 0.4) is 0 Å². The molecule has 1 rings (SSSR count).